The zero-order chi connectivity index (χ0) is 24.5. The minimum Gasteiger partial charge on any atom is -0.459 e. The number of rotatable bonds is 7. The number of hydrogen-bond acceptors (Lipinski definition) is 6. The minimum atomic E-state index is -4.73. The number of amides is 2. The molecule has 2 aromatic heterocycles. The van der Waals surface area contributed by atoms with Crippen LogP contribution in [0.1, 0.15) is 28.9 Å². The molecule has 34 heavy (non-hydrogen) atoms. The number of carbonyl (C=O) groups is 2. The third-order valence-electron chi connectivity index (χ3n) is 5.60. The lowest BCUT2D eigenvalue weighted by molar-refractivity contribution is -0.125. The van der Waals surface area contributed by atoms with Gasteiger partial charge in [0.15, 0.2) is 0 Å². The van der Waals surface area contributed by atoms with E-state index in [0.29, 0.717) is 18.5 Å². The first kappa shape index (κ1) is 23.8. The molecule has 0 bridgehead atoms. The van der Waals surface area contributed by atoms with Crippen molar-refractivity contribution in [3.05, 3.63) is 65.1 Å². The Kier molecular flexibility index (Phi) is 6.67. The number of para-hydroxylation sites is 1. The number of aryl methyl sites for hydroxylation is 2. The number of nitrogens with zero attached hydrogens (tertiary/aromatic N) is 3. The van der Waals surface area contributed by atoms with E-state index in [-0.39, 0.29) is 24.1 Å². The number of aromatic nitrogens is 1. The van der Waals surface area contributed by atoms with E-state index in [1.54, 1.807) is 24.1 Å². The van der Waals surface area contributed by atoms with E-state index in [4.69, 9.17) is 14.2 Å². The van der Waals surface area contributed by atoms with Crippen LogP contribution in [0, 0.1) is 6.92 Å². The summed E-state index contributed by atoms with van der Waals surface area (Å²) in [7, 11) is -3.04. The van der Waals surface area contributed by atoms with Gasteiger partial charge in [-0.05, 0) is 42.7 Å². The number of anilines is 1. The molecule has 1 aliphatic heterocycles. The highest BCUT2D eigenvalue weighted by atomic mass is 31.2. The zero-order valence-corrected chi connectivity index (χ0v) is 19.6. The van der Waals surface area contributed by atoms with Crippen molar-refractivity contribution in [2.75, 3.05) is 18.7 Å². The van der Waals surface area contributed by atoms with Crippen LogP contribution in [0.25, 0.3) is 17.0 Å². The van der Waals surface area contributed by atoms with Crippen molar-refractivity contribution >= 4 is 42.5 Å². The molecule has 0 unspecified atom stereocenters. The largest absolute Gasteiger partial charge is 0.471 e. The summed E-state index contributed by atoms with van der Waals surface area (Å²) >= 11 is 0. The predicted octanol–water partition coefficient (Wildman–Crippen LogP) is 3.15. The fraction of sp³-hybridized carbons (Fsp3) is 0.261. The monoisotopic (exact) mass is 485 g/mol. The summed E-state index contributed by atoms with van der Waals surface area (Å²) in [5.41, 5.74) is 3.16. The number of likely N-dealkylation sites (N-methyl/N-ethyl adjacent to an activating group) is 1. The van der Waals surface area contributed by atoms with Crippen LogP contribution in [-0.4, -0.2) is 45.3 Å². The number of benzene rings is 1. The van der Waals surface area contributed by atoms with Gasteiger partial charge >= 0.3 is 7.82 Å². The van der Waals surface area contributed by atoms with Crippen molar-refractivity contribution in [1.82, 2.24) is 9.88 Å². The first-order valence-electron chi connectivity index (χ1n) is 10.5. The number of hydrogen-bond donors (Lipinski definition) is 2. The molecule has 1 aromatic carbocycles. The van der Waals surface area contributed by atoms with E-state index in [2.05, 4.69) is 9.51 Å². The summed E-state index contributed by atoms with van der Waals surface area (Å²) in [4.78, 5) is 49.5. The maximum Gasteiger partial charge on any atom is 0.471 e. The summed E-state index contributed by atoms with van der Waals surface area (Å²) in [5, 5.41) is 1.02. The molecule has 0 aliphatic carbocycles. The molecule has 0 saturated carbocycles. The smallest absolute Gasteiger partial charge is 0.459 e. The second-order valence-corrected chi connectivity index (χ2v) is 9.24. The molecular formula is C23H24N3O7P. The lowest BCUT2D eigenvalue weighted by Gasteiger charge is -2.28. The molecule has 178 valence electrons. The van der Waals surface area contributed by atoms with Gasteiger partial charge in [0.05, 0.1) is 6.54 Å². The summed E-state index contributed by atoms with van der Waals surface area (Å²) in [5.74, 6) is 0.452. The maximum atomic E-state index is 12.6. The Morgan fingerprint density at radius 2 is 2.09 bits per heavy atom. The Balaban J connectivity index is 1.45. The van der Waals surface area contributed by atoms with Crippen LogP contribution in [0.3, 0.4) is 0 Å². The van der Waals surface area contributed by atoms with Gasteiger partial charge in [-0.2, -0.15) is 0 Å². The van der Waals surface area contributed by atoms with Gasteiger partial charge in [-0.3, -0.25) is 19.0 Å². The Bertz CT molecular complexity index is 1330. The molecule has 3 aromatic rings. The molecule has 11 heteroatoms. The summed E-state index contributed by atoms with van der Waals surface area (Å²) in [6, 6.07) is 9.50. The Morgan fingerprint density at radius 1 is 1.32 bits per heavy atom. The maximum absolute atomic E-state index is 12.6. The first-order valence-corrected chi connectivity index (χ1v) is 12.0. The van der Waals surface area contributed by atoms with E-state index in [1.165, 1.54) is 12.3 Å². The second kappa shape index (κ2) is 9.52. The Morgan fingerprint density at radius 3 is 2.82 bits per heavy atom. The average Bonchev–Trinajstić information content (AvgIpc) is 3.11. The van der Waals surface area contributed by atoms with Gasteiger partial charge in [-0.25, -0.2) is 9.55 Å². The highest BCUT2D eigenvalue weighted by molar-refractivity contribution is 7.46. The van der Waals surface area contributed by atoms with Crippen LogP contribution >= 0.6 is 7.82 Å². The van der Waals surface area contributed by atoms with Gasteiger partial charge < -0.3 is 19.1 Å². The van der Waals surface area contributed by atoms with Crippen LogP contribution in [0.15, 0.2) is 47.0 Å². The van der Waals surface area contributed by atoms with E-state index in [0.717, 1.165) is 32.8 Å². The molecule has 3 heterocycles. The number of phosphoric ester groups is 1. The molecule has 2 amide bonds. The highest BCUT2D eigenvalue weighted by Crippen LogP contribution is 2.37. The van der Waals surface area contributed by atoms with Gasteiger partial charge in [0.1, 0.15) is 23.9 Å². The van der Waals surface area contributed by atoms with Crippen LogP contribution in [0.4, 0.5) is 5.82 Å². The molecule has 4 rings (SSSR count). The molecule has 2 N–H and O–H groups in total. The summed E-state index contributed by atoms with van der Waals surface area (Å²) in [6.07, 6.45) is 5.13. The van der Waals surface area contributed by atoms with Crippen molar-refractivity contribution in [3.8, 4) is 0 Å². The lowest BCUT2D eigenvalue weighted by Crippen LogP contribution is -2.37. The van der Waals surface area contributed by atoms with Gasteiger partial charge in [0, 0.05) is 36.7 Å². The van der Waals surface area contributed by atoms with E-state index < -0.39 is 14.6 Å². The van der Waals surface area contributed by atoms with Crippen LogP contribution in [0.2, 0.25) is 0 Å². The van der Waals surface area contributed by atoms with Crippen molar-refractivity contribution in [2.45, 2.75) is 26.3 Å². The molecule has 0 spiro atoms. The lowest BCUT2D eigenvalue weighted by atomic mass is 10.0. The molecular weight excluding hydrogens is 461 g/mol. The van der Waals surface area contributed by atoms with Crippen molar-refractivity contribution in [3.63, 3.8) is 0 Å². The topological polar surface area (TPSA) is 133 Å². The van der Waals surface area contributed by atoms with Crippen LogP contribution < -0.4 is 4.90 Å². The normalized spacial score (nSPS) is 14.1. The minimum absolute atomic E-state index is 0.158. The van der Waals surface area contributed by atoms with E-state index in [1.807, 2.05) is 31.2 Å². The first-order chi connectivity index (χ1) is 16.1. The van der Waals surface area contributed by atoms with Gasteiger partial charge in [0.25, 0.3) is 0 Å². The molecule has 0 atom stereocenters. The molecule has 1 aliphatic rings. The van der Waals surface area contributed by atoms with Crippen molar-refractivity contribution in [1.29, 1.82) is 0 Å². The number of phosphoric acid groups is 1. The second-order valence-electron chi connectivity index (χ2n) is 8.00. The van der Waals surface area contributed by atoms with Gasteiger partial charge in [-0.1, -0.05) is 18.2 Å². The number of pyridine rings is 1. The number of carbonyl (C=O) groups excluding carboxylic acids is 2. The van der Waals surface area contributed by atoms with Crippen LogP contribution in [0.5, 0.6) is 0 Å². The summed E-state index contributed by atoms with van der Waals surface area (Å²) in [6.45, 7) is 1.69. The molecule has 0 fully saturated rings. The van der Waals surface area contributed by atoms with Crippen molar-refractivity contribution < 1.29 is 32.9 Å². The van der Waals surface area contributed by atoms with Gasteiger partial charge in [0.2, 0.25) is 11.8 Å². The van der Waals surface area contributed by atoms with E-state index in [9.17, 15) is 14.2 Å². The highest BCUT2D eigenvalue weighted by Gasteiger charge is 2.28. The number of fused-ring (bicyclic) bond motifs is 2. The van der Waals surface area contributed by atoms with Crippen molar-refractivity contribution in [2.24, 2.45) is 0 Å². The SMILES string of the molecule is Cc1c(CN(C)C(=O)C=Cc2cnc3c(c2)CCC(=O)N3COP(=O)(O)O)oc2ccccc12. The van der Waals surface area contributed by atoms with E-state index >= 15 is 0 Å². The van der Waals surface area contributed by atoms with Gasteiger partial charge in [-0.15, -0.1) is 0 Å². The zero-order valence-electron chi connectivity index (χ0n) is 18.7. The quantitative estimate of drug-likeness (QED) is 0.385. The Labute approximate surface area is 195 Å². The Hall–Kier alpha value is -3.30. The predicted molar refractivity (Wildman–Crippen MR) is 124 cm³/mol. The molecule has 0 radical (unpaired) electrons. The fourth-order valence-electron chi connectivity index (χ4n) is 3.76. The fourth-order valence-corrected chi connectivity index (χ4v) is 4.03. The number of furan rings is 1. The third kappa shape index (κ3) is 5.26. The third-order valence-corrected chi connectivity index (χ3v) is 6.05. The summed E-state index contributed by atoms with van der Waals surface area (Å²) < 4.78 is 21.3. The standard InChI is InChI=1S/C23H24N3O7P/c1-15-18-5-3-4-6-19(18)33-20(15)13-25(2)21(27)9-7-16-11-17-8-10-22(28)26(23(17)24-12-16)14-32-34(29,30)31/h3-7,9,11-12H,8,10,13-14H2,1-2H3,(H2,29,30,31). The molecule has 0 saturated heterocycles. The van der Waals surface area contributed by atoms with Crippen LogP contribution in [-0.2, 0) is 31.6 Å². The average molecular weight is 485 g/mol. The molecule has 10 nitrogen and oxygen atoms in total.